The van der Waals surface area contributed by atoms with Gasteiger partial charge in [-0.15, -0.1) is 11.8 Å². The summed E-state index contributed by atoms with van der Waals surface area (Å²) >= 11 is 1.68. The summed E-state index contributed by atoms with van der Waals surface area (Å²) in [5, 5.41) is -0.0358. The van der Waals surface area contributed by atoms with Gasteiger partial charge in [0, 0.05) is 17.4 Å². The molecule has 1 aromatic carbocycles. The number of ether oxygens (including phenoxy) is 1. The zero-order valence-electron chi connectivity index (χ0n) is 16.7. The van der Waals surface area contributed by atoms with E-state index in [0.29, 0.717) is 6.42 Å². The fourth-order valence-electron chi connectivity index (χ4n) is 3.17. The number of esters is 2. The molecule has 0 amide bonds. The molecular weight excluding hydrogens is 376 g/mol. The molecule has 0 N–H and O–H groups in total. The van der Waals surface area contributed by atoms with Gasteiger partial charge >= 0.3 is 11.9 Å². The van der Waals surface area contributed by atoms with Crippen molar-refractivity contribution in [2.75, 3.05) is 0 Å². The van der Waals surface area contributed by atoms with Crippen molar-refractivity contribution >= 4 is 32.0 Å². The standard InChI is InChI=1S/C21H28O4SSi/c1-21(2,3)27(4,5)25-15-11-16-18(20(23)24-19(16)22)17(12-15)26-13-14-9-7-6-8-10-14/h6-10,12,16-18H,11,13H2,1-5H3/t16-,17+,18-/m1/s1. The van der Waals surface area contributed by atoms with Crippen molar-refractivity contribution in [3.05, 3.63) is 47.7 Å². The first-order valence-electron chi connectivity index (χ1n) is 9.39. The van der Waals surface area contributed by atoms with Gasteiger partial charge in [-0.2, -0.15) is 0 Å². The molecule has 6 heteroatoms. The molecule has 1 aromatic rings. The van der Waals surface area contributed by atoms with Crippen LogP contribution < -0.4 is 0 Å². The predicted molar refractivity (Wildman–Crippen MR) is 111 cm³/mol. The molecule has 2 aliphatic rings. The number of carbonyl (C=O) groups excluding carboxylic acids is 2. The van der Waals surface area contributed by atoms with Gasteiger partial charge in [0.1, 0.15) is 0 Å². The Labute approximate surface area is 166 Å². The van der Waals surface area contributed by atoms with Gasteiger partial charge in [0.25, 0.3) is 0 Å². The van der Waals surface area contributed by atoms with Crippen molar-refractivity contribution in [3.8, 4) is 0 Å². The number of hydrogen-bond donors (Lipinski definition) is 0. The van der Waals surface area contributed by atoms with Crippen LogP contribution in [-0.2, 0) is 24.5 Å². The predicted octanol–water partition coefficient (Wildman–Crippen LogP) is 4.91. The Balaban J connectivity index is 1.83. The summed E-state index contributed by atoms with van der Waals surface area (Å²) in [6, 6.07) is 10.1. The molecule has 27 heavy (non-hydrogen) atoms. The molecule has 1 aliphatic carbocycles. The molecule has 1 fully saturated rings. The molecule has 0 saturated carbocycles. The van der Waals surface area contributed by atoms with E-state index < -0.39 is 32.1 Å². The van der Waals surface area contributed by atoms with Crippen LogP contribution in [-0.4, -0.2) is 25.5 Å². The van der Waals surface area contributed by atoms with Crippen LogP contribution in [0.25, 0.3) is 0 Å². The van der Waals surface area contributed by atoms with Gasteiger partial charge in [-0.1, -0.05) is 51.1 Å². The summed E-state index contributed by atoms with van der Waals surface area (Å²) in [4.78, 5) is 24.5. The van der Waals surface area contributed by atoms with E-state index in [0.717, 1.165) is 11.5 Å². The third-order valence-electron chi connectivity index (χ3n) is 5.81. The van der Waals surface area contributed by atoms with Gasteiger partial charge in [-0.25, -0.2) is 0 Å². The van der Waals surface area contributed by atoms with Crippen molar-refractivity contribution in [2.24, 2.45) is 11.8 Å². The molecule has 3 atom stereocenters. The summed E-state index contributed by atoms with van der Waals surface area (Å²) in [5.74, 6) is 0.00609. The summed E-state index contributed by atoms with van der Waals surface area (Å²) < 4.78 is 11.5. The number of benzene rings is 1. The average Bonchev–Trinajstić information content (AvgIpc) is 2.86. The molecule has 4 nitrogen and oxygen atoms in total. The van der Waals surface area contributed by atoms with Crippen LogP contribution in [0.2, 0.25) is 18.1 Å². The van der Waals surface area contributed by atoms with E-state index in [1.807, 2.05) is 18.2 Å². The van der Waals surface area contributed by atoms with Gasteiger partial charge in [0.05, 0.1) is 17.6 Å². The number of cyclic esters (lactones) is 2. The highest BCUT2D eigenvalue weighted by molar-refractivity contribution is 7.99. The molecule has 0 unspecified atom stereocenters. The fraction of sp³-hybridized carbons (Fsp3) is 0.524. The molecule has 0 spiro atoms. The first-order chi connectivity index (χ1) is 12.6. The summed E-state index contributed by atoms with van der Waals surface area (Å²) in [6.45, 7) is 11.0. The van der Waals surface area contributed by atoms with Crippen molar-refractivity contribution in [1.29, 1.82) is 0 Å². The number of fused-ring (bicyclic) bond motifs is 1. The first-order valence-corrected chi connectivity index (χ1v) is 13.3. The van der Waals surface area contributed by atoms with E-state index in [1.54, 1.807) is 11.8 Å². The average molecular weight is 405 g/mol. The Morgan fingerprint density at radius 2 is 1.81 bits per heavy atom. The monoisotopic (exact) mass is 404 g/mol. The number of thioether (sulfide) groups is 1. The maximum absolute atomic E-state index is 12.3. The van der Waals surface area contributed by atoms with Crippen molar-refractivity contribution < 1.29 is 18.8 Å². The summed E-state index contributed by atoms with van der Waals surface area (Å²) in [7, 11) is -2.01. The molecular formula is C21H28O4SSi. The zero-order valence-corrected chi connectivity index (χ0v) is 18.5. The third-order valence-corrected chi connectivity index (χ3v) is 11.5. The first kappa shape index (κ1) is 20.2. The van der Waals surface area contributed by atoms with Crippen molar-refractivity contribution in [3.63, 3.8) is 0 Å². The van der Waals surface area contributed by atoms with Crippen LogP contribution in [0, 0.1) is 11.8 Å². The minimum atomic E-state index is -2.01. The molecule has 3 rings (SSSR count). The number of allylic oxidation sites excluding steroid dienone is 1. The zero-order chi connectivity index (χ0) is 19.8. The van der Waals surface area contributed by atoms with Gasteiger partial charge in [0.15, 0.2) is 0 Å². The minimum Gasteiger partial charge on any atom is -0.547 e. The molecule has 0 bridgehead atoms. The van der Waals surface area contributed by atoms with Crippen LogP contribution in [0.5, 0.6) is 0 Å². The summed E-state index contributed by atoms with van der Waals surface area (Å²) in [6.07, 6.45) is 2.53. The van der Waals surface area contributed by atoms with E-state index in [9.17, 15) is 9.59 Å². The Hall–Kier alpha value is -1.53. The van der Waals surface area contributed by atoms with E-state index >= 15 is 0 Å². The number of rotatable bonds is 5. The highest BCUT2D eigenvalue weighted by Crippen LogP contribution is 2.45. The second-order valence-corrected chi connectivity index (χ2v) is 14.7. The van der Waals surface area contributed by atoms with Crippen LogP contribution in [0.15, 0.2) is 42.2 Å². The minimum absolute atomic E-state index is 0.0728. The van der Waals surface area contributed by atoms with Crippen molar-refractivity contribution in [2.45, 2.75) is 56.3 Å². The van der Waals surface area contributed by atoms with Crippen LogP contribution in [0.1, 0.15) is 32.8 Å². The van der Waals surface area contributed by atoms with Gasteiger partial charge < -0.3 is 9.16 Å². The second-order valence-electron chi connectivity index (χ2n) is 8.83. The number of carbonyl (C=O) groups is 2. The van der Waals surface area contributed by atoms with E-state index in [1.165, 1.54) is 5.56 Å². The highest BCUT2D eigenvalue weighted by Gasteiger charge is 2.51. The smallest absolute Gasteiger partial charge is 0.318 e. The topological polar surface area (TPSA) is 52.6 Å². The quantitative estimate of drug-likeness (QED) is 0.396. The van der Waals surface area contributed by atoms with E-state index in [-0.39, 0.29) is 10.3 Å². The second kappa shape index (κ2) is 7.47. The maximum atomic E-state index is 12.3. The molecule has 1 saturated heterocycles. The fourth-order valence-corrected chi connectivity index (χ4v) is 5.62. The molecule has 146 valence electrons. The Bertz CT molecular complexity index is 751. The van der Waals surface area contributed by atoms with E-state index in [2.05, 4.69) is 52.1 Å². The van der Waals surface area contributed by atoms with Gasteiger partial charge in [-0.05, 0) is 29.8 Å². The Kier molecular flexibility index (Phi) is 5.59. The maximum Gasteiger partial charge on any atom is 0.318 e. The summed E-state index contributed by atoms with van der Waals surface area (Å²) in [5.41, 5.74) is 1.20. The third kappa shape index (κ3) is 4.32. The lowest BCUT2D eigenvalue weighted by Gasteiger charge is -2.39. The Morgan fingerprint density at radius 3 is 2.44 bits per heavy atom. The van der Waals surface area contributed by atoms with Crippen LogP contribution in [0.4, 0.5) is 0 Å². The lowest BCUT2D eigenvalue weighted by molar-refractivity contribution is -0.153. The normalized spacial score (nSPS) is 25.7. The van der Waals surface area contributed by atoms with Crippen LogP contribution in [0.3, 0.4) is 0 Å². The number of hydrogen-bond acceptors (Lipinski definition) is 5. The van der Waals surface area contributed by atoms with Crippen molar-refractivity contribution in [1.82, 2.24) is 0 Å². The van der Waals surface area contributed by atoms with Gasteiger partial charge in [0.2, 0.25) is 8.32 Å². The lowest BCUT2D eigenvalue weighted by Crippen LogP contribution is -2.42. The van der Waals surface area contributed by atoms with Gasteiger partial charge in [-0.3, -0.25) is 9.59 Å². The van der Waals surface area contributed by atoms with E-state index in [4.69, 9.17) is 9.16 Å². The molecule has 1 aliphatic heterocycles. The van der Waals surface area contributed by atoms with Crippen LogP contribution >= 0.6 is 11.8 Å². The highest BCUT2D eigenvalue weighted by atomic mass is 32.2. The largest absolute Gasteiger partial charge is 0.547 e. The Morgan fingerprint density at radius 1 is 1.15 bits per heavy atom. The molecule has 0 radical (unpaired) electrons. The molecule has 0 aromatic heterocycles. The lowest BCUT2D eigenvalue weighted by atomic mass is 9.84. The molecule has 1 heterocycles. The SMILES string of the molecule is CC(C)(C)[Si](C)(C)OC1=C[C@H](SCc2ccccc2)[C@@H]2C(=O)OC(=O)[C@@H]2C1.